The molecule has 0 aliphatic heterocycles. The molecule has 1 atom stereocenters. The van der Waals surface area contributed by atoms with Gasteiger partial charge in [-0.25, -0.2) is 0 Å². The zero-order chi connectivity index (χ0) is 42.3. The van der Waals surface area contributed by atoms with Crippen LogP contribution in [-0.2, 0) is 28.6 Å². The van der Waals surface area contributed by atoms with Gasteiger partial charge < -0.3 is 14.2 Å². The minimum Gasteiger partial charge on any atom is -0.462 e. The molecule has 58 heavy (non-hydrogen) atoms. The Hall–Kier alpha value is -4.19. The van der Waals surface area contributed by atoms with E-state index in [1.807, 2.05) is 12.2 Å². The van der Waals surface area contributed by atoms with E-state index in [9.17, 15) is 14.4 Å². The normalized spacial score (nSPS) is 13.2. The van der Waals surface area contributed by atoms with Crippen LogP contribution in [0.2, 0.25) is 0 Å². The molecule has 0 aromatic rings. The SMILES string of the molecule is CC/C=C\C/C=C\C/C=C\C/C=C\C/C=C\C/C=C\CCC(=O)OCC(COC(=O)CCC/C=C\CCCCCC)OC(=O)CCCC/C=C\C/C=C\C/C=C\CC. The molecule has 324 valence electrons. The second-order valence-corrected chi connectivity index (χ2v) is 14.2. The minimum absolute atomic E-state index is 0.136. The zero-order valence-corrected chi connectivity index (χ0v) is 36.8. The monoisotopic (exact) mass is 801 g/mol. The second-order valence-electron chi connectivity index (χ2n) is 14.2. The lowest BCUT2D eigenvalue weighted by molar-refractivity contribution is -0.166. The number of hydrogen-bond donors (Lipinski definition) is 0. The largest absolute Gasteiger partial charge is 0.462 e. The van der Waals surface area contributed by atoms with Crippen LogP contribution < -0.4 is 0 Å². The van der Waals surface area contributed by atoms with E-state index in [0.29, 0.717) is 19.3 Å². The number of carbonyl (C=O) groups is 3. The van der Waals surface area contributed by atoms with Crippen LogP contribution in [0.25, 0.3) is 0 Å². The Morgan fingerprint density at radius 1 is 0.362 bits per heavy atom. The summed E-state index contributed by atoms with van der Waals surface area (Å²) in [4.78, 5) is 37.6. The Bertz CT molecular complexity index is 1290. The predicted octanol–water partition coefficient (Wildman–Crippen LogP) is 14.6. The number of carbonyl (C=O) groups excluding carboxylic acids is 3. The summed E-state index contributed by atoms with van der Waals surface area (Å²) in [5.41, 5.74) is 0. The molecular formula is C52H80O6. The lowest BCUT2D eigenvalue weighted by atomic mass is 10.1. The molecule has 0 saturated carbocycles. The average molecular weight is 801 g/mol. The van der Waals surface area contributed by atoms with Gasteiger partial charge in [-0.05, 0) is 109 Å². The first-order chi connectivity index (χ1) is 28.5. The van der Waals surface area contributed by atoms with Crippen LogP contribution in [0.15, 0.2) is 122 Å². The third-order valence-electron chi connectivity index (χ3n) is 8.69. The molecule has 0 fully saturated rings. The molecule has 0 aromatic carbocycles. The van der Waals surface area contributed by atoms with Crippen molar-refractivity contribution < 1.29 is 28.6 Å². The maximum absolute atomic E-state index is 12.7. The molecule has 0 aromatic heterocycles. The predicted molar refractivity (Wildman–Crippen MR) is 246 cm³/mol. The third-order valence-corrected chi connectivity index (χ3v) is 8.69. The van der Waals surface area contributed by atoms with E-state index < -0.39 is 6.10 Å². The standard InChI is InChI=1S/C52H80O6/c1-4-7-10-13-16-19-21-23-24-25-26-27-28-29-31-33-36-39-42-45-51(54)57-48-49(47-56-50(53)44-41-38-35-32-18-15-12-9-6-3)58-52(55)46-43-40-37-34-30-22-20-17-14-11-8-5-2/h7-8,10-11,16-17,19-20,23-24,26-27,29-32,34-36,39,49H,4-6,9,12-15,18,21-22,25,28,33,37-38,40-48H2,1-3H3/b10-7-,11-8-,19-16-,20-17-,24-23-,27-26-,31-29-,34-30-,35-32-,39-36-. The quantitative estimate of drug-likeness (QED) is 0.0268. The average Bonchev–Trinajstić information content (AvgIpc) is 3.22. The van der Waals surface area contributed by atoms with Crippen LogP contribution >= 0.6 is 0 Å². The van der Waals surface area contributed by atoms with E-state index >= 15 is 0 Å². The Morgan fingerprint density at radius 2 is 0.724 bits per heavy atom. The summed E-state index contributed by atoms with van der Waals surface area (Å²) in [6, 6.07) is 0. The molecule has 0 bridgehead atoms. The molecule has 6 nitrogen and oxygen atoms in total. The first kappa shape index (κ1) is 53.8. The van der Waals surface area contributed by atoms with Crippen LogP contribution in [0.5, 0.6) is 0 Å². The van der Waals surface area contributed by atoms with Crippen molar-refractivity contribution in [3.8, 4) is 0 Å². The topological polar surface area (TPSA) is 78.9 Å². The summed E-state index contributed by atoms with van der Waals surface area (Å²) in [7, 11) is 0. The summed E-state index contributed by atoms with van der Waals surface area (Å²) >= 11 is 0. The van der Waals surface area contributed by atoms with Gasteiger partial charge in [-0.15, -0.1) is 0 Å². The van der Waals surface area contributed by atoms with Gasteiger partial charge in [-0.2, -0.15) is 0 Å². The molecule has 0 amide bonds. The van der Waals surface area contributed by atoms with Crippen molar-refractivity contribution in [2.45, 2.75) is 175 Å². The lowest BCUT2D eigenvalue weighted by Gasteiger charge is -2.18. The maximum atomic E-state index is 12.7. The number of rotatable bonds is 38. The summed E-state index contributed by atoms with van der Waals surface area (Å²) in [5.74, 6) is -1.11. The van der Waals surface area contributed by atoms with E-state index in [1.165, 1.54) is 25.7 Å². The van der Waals surface area contributed by atoms with Crippen LogP contribution in [0.1, 0.15) is 168 Å². The van der Waals surface area contributed by atoms with Crippen LogP contribution in [0, 0.1) is 0 Å². The Kier molecular flexibility index (Phi) is 42.2. The fourth-order valence-electron chi connectivity index (χ4n) is 5.36. The fourth-order valence-corrected chi connectivity index (χ4v) is 5.36. The second kappa shape index (κ2) is 45.5. The highest BCUT2D eigenvalue weighted by Gasteiger charge is 2.19. The molecule has 0 rings (SSSR count). The smallest absolute Gasteiger partial charge is 0.306 e. The van der Waals surface area contributed by atoms with Crippen LogP contribution in [0.4, 0.5) is 0 Å². The van der Waals surface area contributed by atoms with Gasteiger partial charge in [0.05, 0.1) is 0 Å². The number of unbranched alkanes of at least 4 members (excludes halogenated alkanes) is 7. The maximum Gasteiger partial charge on any atom is 0.306 e. The van der Waals surface area contributed by atoms with Gasteiger partial charge in [-0.1, -0.05) is 162 Å². The van der Waals surface area contributed by atoms with Gasteiger partial charge in [0.15, 0.2) is 6.10 Å². The van der Waals surface area contributed by atoms with Crippen LogP contribution in [0.3, 0.4) is 0 Å². The van der Waals surface area contributed by atoms with E-state index in [4.69, 9.17) is 14.2 Å². The zero-order valence-electron chi connectivity index (χ0n) is 36.8. The molecule has 0 saturated heterocycles. The first-order valence-corrected chi connectivity index (χ1v) is 22.5. The highest BCUT2D eigenvalue weighted by atomic mass is 16.6. The highest BCUT2D eigenvalue weighted by Crippen LogP contribution is 2.09. The number of esters is 3. The van der Waals surface area contributed by atoms with E-state index in [0.717, 1.165) is 83.5 Å². The molecule has 6 heteroatoms. The minimum atomic E-state index is -0.840. The van der Waals surface area contributed by atoms with E-state index in [1.54, 1.807) is 0 Å². The number of hydrogen-bond acceptors (Lipinski definition) is 6. The van der Waals surface area contributed by atoms with Gasteiger partial charge >= 0.3 is 17.9 Å². The van der Waals surface area contributed by atoms with Gasteiger partial charge in [0.2, 0.25) is 0 Å². The summed E-state index contributed by atoms with van der Waals surface area (Å²) in [5, 5.41) is 0. The van der Waals surface area contributed by atoms with Crippen molar-refractivity contribution in [1.29, 1.82) is 0 Å². The fraction of sp³-hybridized carbons (Fsp3) is 0.558. The third kappa shape index (κ3) is 42.9. The Morgan fingerprint density at radius 3 is 1.19 bits per heavy atom. The van der Waals surface area contributed by atoms with Crippen molar-refractivity contribution in [1.82, 2.24) is 0 Å². The first-order valence-electron chi connectivity index (χ1n) is 22.5. The van der Waals surface area contributed by atoms with Crippen LogP contribution in [-0.4, -0.2) is 37.2 Å². The van der Waals surface area contributed by atoms with Gasteiger partial charge in [-0.3, -0.25) is 14.4 Å². The van der Waals surface area contributed by atoms with Crippen molar-refractivity contribution in [2.24, 2.45) is 0 Å². The van der Waals surface area contributed by atoms with Gasteiger partial charge in [0.1, 0.15) is 13.2 Å². The molecule has 0 aliphatic carbocycles. The molecule has 0 heterocycles. The summed E-state index contributed by atoms with van der Waals surface area (Å²) in [6.45, 7) is 6.20. The lowest BCUT2D eigenvalue weighted by Crippen LogP contribution is -2.30. The molecule has 0 spiro atoms. The molecule has 0 radical (unpaired) electrons. The summed E-state index contributed by atoms with van der Waals surface area (Å²) in [6.07, 6.45) is 62.1. The van der Waals surface area contributed by atoms with Crippen molar-refractivity contribution in [2.75, 3.05) is 13.2 Å². The van der Waals surface area contributed by atoms with Gasteiger partial charge in [0.25, 0.3) is 0 Å². The molecular weight excluding hydrogens is 721 g/mol. The van der Waals surface area contributed by atoms with Crippen molar-refractivity contribution in [3.63, 3.8) is 0 Å². The summed E-state index contributed by atoms with van der Waals surface area (Å²) < 4.78 is 16.5. The molecule has 0 aliphatic rings. The molecule has 0 N–H and O–H groups in total. The van der Waals surface area contributed by atoms with Crippen molar-refractivity contribution >= 4 is 17.9 Å². The molecule has 1 unspecified atom stereocenters. The van der Waals surface area contributed by atoms with Crippen molar-refractivity contribution in [3.05, 3.63) is 122 Å². The number of allylic oxidation sites excluding steroid dienone is 20. The van der Waals surface area contributed by atoms with Gasteiger partial charge in [0, 0.05) is 19.3 Å². The van der Waals surface area contributed by atoms with E-state index in [-0.39, 0.29) is 50.4 Å². The Labute approximate surface area is 354 Å². The Balaban J connectivity index is 4.56. The number of ether oxygens (including phenoxy) is 3. The van der Waals surface area contributed by atoms with E-state index in [2.05, 4.69) is 130 Å². The highest BCUT2D eigenvalue weighted by molar-refractivity contribution is 5.71.